The van der Waals surface area contributed by atoms with E-state index in [1.54, 1.807) is 7.11 Å². The molecule has 0 spiro atoms. The van der Waals surface area contributed by atoms with Crippen molar-refractivity contribution in [3.8, 4) is 5.75 Å². The van der Waals surface area contributed by atoms with Crippen molar-refractivity contribution < 1.29 is 9.84 Å². The number of benzene rings is 1. The third kappa shape index (κ3) is 3.24. The normalized spacial score (nSPS) is 21.6. The number of para-hydroxylation sites is 1. The van der Waals surface area contributed by atoms with E-state index in [0.29, 0.717) is 6.04 Å². The zero-order valence-electron chi connectivity index (χ0n) is 11.1. The summed E-state index contributed by atoms with van der Waals surface area (Å²) in [7, 11) is 1.71. The first kappa shape index (κ1) is 13.4. The van der Waals surface area contributed by atoms with Crippen LogP contribution in [0.4, 0.5) is 0 Å². The van der Waals surface area contributed by atoms with Crippen LogP contribution in [-0.4, -0.2) is 36.3 Å². The molecule has 1 heterocycles. The molecule has 18 heavy (non-hydrogen) atoms. The predicted molar refractivity (Wildman–Crippen MR) is 72.7 cm³/mol. The maximum atomic E-state index is 9.52. The van der Waals surface area contributed by atoms with Gasteiger partial charge in [0, 0.05) is 18.2 Å². The van der Waals surface area contributed by atoms with Gasteiger partial charge in [-0.1, -0.05) is 31.0 Å². The Bertz CT molecular complexity index is 367. The van der Waals surface area contributed by atoms with E-state index in [2.05, 4.69) is 11.0 Å². The topological polar surface area (TPSA) is 32.7 Å². The molecular weight excluding hydrogens is 226 g/mol. The van der Waals surface area contributed by atoms with E-state index in [1.807, 2.05) is 18.2 Å². The second kappa shape index (κ2) is 6.76. The minimum absolute atomic E-state index is 0.259. The van der Waals surface area contributed by atoms with Crippen molar-refractivity contribution in [2.24, 2.45) is 0 Å². The van der Waals surface area contributed by atoms with Gasteiger partial charge < -0.3 is 9.84 Å². The Morgan fingerprint density at radius 3 is 2.89 bits per heavy atom. The number of methoxy groups -OCH3 is 1. The van der Waals surface area contributed by atoms with E-state index in [0.717, 1.165) is 25.3 Å². The summed E-state index contributed by atoms with van der Waals surface area (Å²) >= 11 is 0. The van der Waals surface area contributed by atoms with Gasteiger partial charge in [0.05, 0.1) is 13.7 Å². The molecular formula is C15H23NO2. The fourth-order valence-electron chi connectivity index (χ4n) is 2.70. The summed E-state index contributed by atoms with van der Waals surface area (Å²) in [6, 6.07) is 8.45. The van der Waals surface area contributed by atoms with Crippen molar-refractivity contribution in [1.82, 2.24) is 4.90 Å². The lowest BCUT2D eigenvalue weighted by Crippen LogP contribution is -2.37. The third-order valence-corrected chi connectivity index (χ3v) is 3.78. The quantitative estimate of drug-likeness (QED) is 0.889. The van der Waals surface area contributed by atoms with E-state index in [9.17, 15) is 5.11 Å². The lowest BCUT2D eigenvalue weighted by Gasteiger charge is -2.28. The maximum absolute atomic E-state index is 9.52. The van der Waals surface area contributed by atoms with Crippen LogP contribution < -0.4 is 4.74 Å². The predicted octanol–water partition coefficient (Wildman–Crippen LogP) is 2.43. The van der Waals surface area contributed by atoms with Gasteiger partial charge in [-0.25, -0.2) is 0 Å². The summed E-state index contributed by atoms with van der Waals surface area (Å²) in [5.74, 6) is 0.943. The van der Waals surface area contributed by atoms with Crippen molar-refractivity contribution in [2.45, 2.75) is 38.3 Å². The first-order valence-corrected chi connectivity index (χ1v) is 6.82. The van der Waals surface area contributed by atoms with Gasteiger partial charge in [-0.3, -0.25) is 4.90 Å². The second-order valence-corrected chi connectivity index (χ2v) is 4.97. The zero-order valence-corrected chi connectivity index (χ0v) is 11.1. The molecule has 0 saturated carbocycles. The summed E-state index contributed by atoms with van der Waals surface area (Å²) in [6.45, 7) is 2.20. The Morgan fingerprint density at radius 2 is 2.11 bits per heavy atom. The van der Waals surface area contributed by atoms with Gasteiger partial charge in [0.15, 0.2) is 0 Å². The molecule has 1 aromatic carbocycles. The van der Waals surface area contributed by atoms with Crippen LogP contribution in [0.1, 0.15) is 31.2 Å². The van der Waals surface area contributed by atoms with E-state index >= 15 is 0 Å². The summed E-state index contributed by atoms with van der Waals surface area (Å²) in [4.78, 5) is 2.39. The highest BCUT2D eigenvalue weighted by atomic mass is 16.5. The first-order valence-electron chi connectivity index (χ1n) is 6.82. The van der Waals surface area contributed by atoms with Crippen LogP contribution in [0.3, 0.4) is 0 Å². The molecule has 2 rings (SSSR count). The van der Waals surface area contributed by atoms with Crippen LogP contribution in [0.25, 0.3) is 0 Å². The number of nitrogens with zero attached hydrogens (tertiary/aromatic N) is 1. The second-order valence-electron chi connectivity index (χ2n) is 4.97. The monoisotopic (exact) mass is 249 g/mol. The number of likely N-dealkylation sites (tertiary alicyclic amines) is 1. The van der Waals surface area contributed by atoms with E-state index in [-0.39, 0.29) is 6.61 Å². The van der Waals surface area contributed by atoms with Crippen molar-refractivity contribution in [2.75, 3.05) is 20.3 Å². The summed E-state index contributed by atoms with van der Waals surface area (Å²) in [6.07, 6.45) is 4.84. The third-order valence-electron chi connectivity index (χ3n) is 3.78. The minimum atomic E-state index is 0.259. The van der Waals surface area contributed by atoms with Crippen molar-refractivity contribution >= 4 is 0 Å². The highest BCUT2D eigenvalue weighted by molar-refractivity contribution is 5.33. The first-order chi connectivity index (χ1) is 8.85. The molecule has 0 aliphatic carbocycles. The number of hydrogen-bond donors (Lipinski definition) is 1. The van der Waals surface area contributed by atoms with E-state index in [4.69, 9.17) is 4.74 Å². The minimum Gasteiger partial charge on any atom is -0.496 e. The number of rotatable bonds is 4. The van der Waals surface area contributed by atoms with Crippen LogP contribution in [0, 0.1) is 0 Å². The molecule has 1 fully saturated rings. The SMILES string of the molecule is COc1ccccc1CN1CCCCCC1CO. The molecule has 0 radical (unpaired) electrons. The number of aliphatic hydroxyl groups excluding tert-OH is 1. The molecule has 3 heteroatoms. The van der Waals surface area contributed by atoms with Crippen LogP contribution in [0.5, 0.6) is 5.75 Å². The molecule has 0 aromatic heterocycles. The lowest BCUT2D eigenvalue weighted by molar-refractivity contribution is 0.117. The van der Waals surface area contributed by atoms with Crippen LogP contribution >= 0.6 is 0 Å². The van der Waals surface area contributed by atoms with Crippen LogP contribution in [0.2, 0.25) is 0 Å². The number of aliphatic hydroxyl groups is 1. The van der Waals surface area contributed by atoms with Crippen molar-refractivity contribution in [3.05, 3.63) is 29.8 Å². The average Bonchev–Trinajstić information content (AvgIpc) is 2.64. The van der Waals surface area contributed by atoms with Gasteiger partial charge in [-0.15, -0.1) is 0 Å². The summed E-state index contributed by atoms with van der Waals surface area (Å²) < 4.78 is 5.40. The van der Waals surface area contributed by atoms with Crippen molar-refractivity contribution in [1.29, 1.82) is 0 Å². The zero-order chi connectivity index (χ0) is 12.8. The fourth-order valence-corrected chi connectivity index (χ4v) is 2.70. The van der Waals surface area contributed by atoms with Crippen molar-refractivity contribution in [3.63, 3.8) is 0 Å². The highest BCUT2D eigenvalue weighted by Gasteiger charge is 2.21. The molecule has 1 N–H and O–H groups in total. The maximum Gasteiger partial charge on any atom is 0.123 e. The van der Waals surface area contributed by atoms with Crippen LogP contribution in [0.15, 0.2) is 24.3 Å². The van der Waals surface area contributed by atoms with Crippen LogP contribution in [-0.2, 0) is 6.54 Å². The number of ether oxygens (including phenoxy) is 1. The average molecular weight is 249 g/mol. The lowest BCUT2D eigenvalue weighted by atomic mass is 10.1. The molecule has 3 nitrogen and oxygen atoms in total. The largest absolute Gasteiger partial charge is 0.496 e. The molecule has 1 aliphatic heterocycles. The highest BCUT2D eigenvalue weighted by Crippen LogP contribution is 2.23. The molecule has 1 unspecified atom stereocenters. The molecule has 100 valence electrons. The summed E-state index contributed by atoms with van der Waals surface area (Å²) in [5.41, 5.74) is 1.21. The Hall–Kier alpha value is -1.06. The Kier molecular flexibility index (Phi) is 5.02. The van der Waals surface area contributed by atoms with E-state index in [1.165, 1.54) is 24.8 Å². The Balaban J connectivity index is 2.10. The molecule has 0 bridgehead atoms. The fraction of sp³-hybridized carbons (Fsp3) is 0.600. The molecule has 0 amide bonds. The molecule has 1 atom stereocenters. The molecule has 1 aromatic rings. The van der Waals surface area contributed by atoms with Gasteiger partial charge >= 0.3 is 0 Å². The van der Waals surface area contributed by atoms with Gasteiger partial charge in [-0.05, 0) is 25.5 Å². The number of hydrogen-bond acceptors (Lipinski definition) is 3. The smallest absolute Gasteiger partial charge is 0.123 e. The van der Waals surface area contributed by atoms with E-state index < -0.39 is 0 Å². The van der Waals surface area contributed by atoms with Gasteiger partial charge in [0.25, 0.3) is 0 Å². The summed E-state index contributed by atoms with van der Waals surface area (Å²) in [5, 5.41) is 9.52. The molecule has 1 aliphatic rings. The molecule has 1 saturated heterocycles. The Labute approximate surface area is 109 Å². The standard InChI is InChI=1S/C15H23NO2/c1-18-15-9-5-4-7-13(15)11-16-10-6-2-3-8-14(16)12-17/h4-5,7,9,14,17H,2-3,6,8,10-12H2,1H3. The van der Waals surface area contributed by atoms with Gasteiger partial charge in [-0.2, -0.15) is 0 Å². The van der Waals surface area contributed by atoms with Gasteiger partial charge in [0.2, 0.25) is 0 Å². The Morgan fingerprint density at radius 1 is 1.28 bits per heavy atom. The van der Waals surface area contributed by atoms with Gasteiger partial charge in [0.1, 0.15) is 5.75 Å².